The number of hydrogen-bond acceptors (Lipinski definition) is 3. The van der Waals surface area contributed by atoms with E-state index in [9.17, 15) is 17.6 Å². The summed E-state index contributed by atoms with van der Waals surface area (Å²) >= 11 is 0. The van der Waals surface area contributed by atoms with Crippen LogP contribution in [-0.4, -0.2) is 12.8 Å². The monoisotopic (exact) mass is 351 g/mol. The predicted molar refractivity (Wildman–Crippen MR) is 91.4 cm³/mol. The molecule has 0 aliphatic carbocycles. The lowest BCUT2D eigenvalue weighted by atomic mass is 10.0. The van der Waals surface area contributed by atoms with Crippen LogP contribution in [0.5, 0.6) is 0 Å². The minimum absolute atomic E-state index is 0.0563. The van der Waals surface area contributed by atoms with E-state index in [1.807, 2.05) is 0 Å². The van der Waals surface area contributed by atoms with Crippen molar-refractivity contribution in [1.29, 1.82) is 0 Å². The molecule has 0 amide bonds. The fourth-order valence-corrected chi connectivity index (χ4v) is 2.20. The third-order valence-electron chi connectivity index (χ3n) is 3.44. The third-order valence-corrected chi connectivity index (χ3v) is 3.44. The largest absolute Gasteiger partial charge is 0.402 e. The first-order valence-corrected chi connectivity index (χ1v) is 7.43. The Balaban J connectivity index is 2.20. The zero-order valence-corrected chi connectivity index (χ0v) is 13.4. The van der Waals surface area contributed by atoms with E-state index < -0.39 is 12.4 Å². The molecule has 7 heteroatoms. The smallest absolute Gasteiger partial charge is 0.331 e. The van der Waals surface area contributed by atoms with Gasteiger partial charge in [0.25, 0.3) is 0 Å². The van der Waals surface area contributed by atoms with E-state index in [1.165, 1.54) is 25.1 Å². The van der Waals surface area contributed by atoms with Gasteiger partial charge < -0.3 is 11.1 Å². The fourth-order valence-electron chi connectivity index (χ4n) is 2.20. The first-order chi connectivity index (χ1) is 11.9. The van der Waals surface area contributed by atoms with Crippen LogP contribution in [-0.2, 0) is 6.54 Å². The van der Waals surface area contributed by atoms with Crippen LogP contribution < -0.4 is 11.1 Å². The number of alkyl halides is 2. The summed E-state index contributed by atoms with van der Waals surface area (Å²) in [5.41, 5.74) is 6.79. The summed E-state index contributed by atoms with van der Waals surface area (Å²) in [7, 11) is 0. The van der Waals surface area contributed by atoms with Crippen LogP contribution in [0.4, 0.5) is 23.2 Å². The number of nitrogens with one attached hydrogen (secondary N) is 1. The van der Waals surface area contributed by atoms with Gasteiger partial charge in [-0.1, -0.05) is 18.2 Å². The molecule has 2 rings (SSSR count). The summed E-state index contributed by atoms with van der Waals surface area (Å²) in [6, 6.07) is 10.4. The lowest BCUT2D eigenvalue weighted by Crippen LogP contribution is -2.05. The molecule has 2 aromatic carbocycles. The Morgan fingerprint density at radius 3 is 2.48 bits per heavy atom. The van der Waals surface area contributed by atoms with E-state index >= 15 is 0 Å². The van der Waals surface area contributed by atoms with Gasteiger partial charge in [0.15, 0.2) is 0 Å². The quantitative estimate of drug-likeness (QED) is 0.455. The molecule has 0 bridgehead atoms. The molecule has 2 aromatic rings. The second-order valence-corrected chi connectivity index (χ2v) is 5.29. The molecule has 0 heterocycles. The van der Waals surface area contributed by atoms with Gasteiger partial charge in [-0.25, -0.2) is 13.8 Å². The number of anilines is 1. The Kier molecular flexibility index (Phi) is 6.16. The van der Waals surface area contributed by atoms with E-state index in [1.54, 1.807) is 24.3 Å². The van der Waals surface area contributed by atoms with Gasteiger partial charge >= 0.3 is 6.55 Å². The van der Waals surface area contributed by atoms with Crippen molar-refractivity contribution in [2.75, 3.05) is 5.32 Å². The van der Waals surface area contributed by atoms with Gasteiger partial charge in [0.05, 0.1) is 0 Å². The molecule has 25 heavy (non-hydrogen) atoms. The summed E-state index contributed by atoms with van der Waals surface area (Å²) in [6.45, 7) is -1.26. The molecule has 3 nitrogen and oxygen atoms in total. The Bertz CT molecular complexity index is 797. The topological polar surface area (TPSA) is 50.4 Å². The van der Waals surface area contributed by atoms with Crippen LogP contribution in [0.15, 0.2) is 53.2 Å². The Morgan fingerprint density at radius 1 is 1.16 bits per heavy atom. The number of hydrogen-bond donors (Lipinski definition) is 2. The Morgan fingerprint density at radius 2 is 1.88 bits per heavy atom. The molecule has 132 valence electrons. The van der Waals surface area contributed by atoms with Crippen LogP contribution in [0.1, 0.15) is 18.1 Å². The van der Waals surface area contributed by atoms with Crippen molar-refractivity contribution >= 4 is 17.5 Å². The molecule has 0 unspecified atom stereocenters. The van der Waals surface area contributed by atoms with E-state index in [0.29, 0.717) is 11.3 Å². The molecule has 0 aliphatic rings. The minimum Gasteiger partial charge on any atom is -0.402 e. The van der Waals surface area contributed by atoms with E-state index in [2.05, 4.69) is 10.3 Å². The predicted octanol–water partition coefficient (Wildman–Crippen LogP) is 4.56. The fraction of sp³-hybridized carbons (Fsp3) is 0.167. The van der Waals surface area contributed by atoms with Crippen molar-refractivity contribution in [3.05, 3.63) is 70.9 Å². The Labute approximate surface area is 142 Å². The standard InChI is InChI=1S/C18H17F4N3/c1-11(23)15(10-25-18(21)22)14-7-6-13(8-17(14)20)24-9-12-4-2-3-5-16(12)19/h2-8,10,18,24H,9,23H2,1H3/b15-11+,25-10+. The molecular weight excluding hydrogens is 334 g/mol. The average molecular weight is 351 g/mol. The SMILES string of the molecule is C/C(N)=C(/C=N/C(F)F)c1ccc(NCc2ccccc2F)cc1F. The summed E-state index contributed by atoms with van der Waals surface area (Å²) in [5, 5.41) is 2.91. The summed E-state index contributed by atoms with van der Waals surface area (Å²) in [4.78, 5) is 2.95. The molecule has 0 aliphatic heterocycles. The van der Waals surface area contributed by atoms with Gasteiger partial charge in [-0.2, -0.15) is 8.78 Å². The maximum absolute atomic E-state index is 14.3. The molecular formula is C18H17F4N3. The van der Waals surface area contributed by atoms with E-state index in [4.69, 9.17) is 5.73 Å². The van der Waals surface area contributed by atoms with Gasteiger partial charge in [-0.05, 0) is 31.2 Å². The van der Waals surface area contributed by atoms with Crippen molar-refractivity contribution in [3.8, 4) is 0 Å². The van der Waals surface area contributed by atoms with Crippen LogP contribution in [0.25, 0.3) is 5.57 Å². The highest BCUT2D eigenvalue weighted by Crippen LogP contribution is 2.23. The van der Waals surface area contributed by atoms with Crippen LogP contribution in [0.2, 0.25) is 0 Å². The van der Waals surface area contributed by atoms with Crippen LogP contribution in [0.3, 0.4) is 0 Å². The highest BCUT2D eigenvalue weighted by atomic mass is 19.3. The van der Waals surface area contributed by atoms with Crippen LogP contribution in [0, 0.1) is 11.6 Å². The van der Waals surface area contributed by atoms with Gasteiger partial charge in [0.1, 0.15) is 11.6 Å². The second-order valence-electron chi connectivity index (χ2n) is 5.29. The van der Waals surface area contributed by atoms with Crippen molar-refractivity contribution in [2.45, 2.75) is 20.0 Å². The lowest BCUT2D eigenvalue weighted by molar-refractivity contribution is 0.161. The maximum atomic E-state index is 14.3. The minimum atomic E-state index is -2.90. The molecule has 3 N–H and O–H groups in total. The molecule has 0 spiro atoms. The van der Waals surface area contributed by atoms with Crippen molar-refractivity contribution < 1.29 is 17.6 Å². The summed E-state index contributed by atoms with van der Waals surface area (Å²) < 4.78 is 52.4. The molecule has 0 atom stereocenters. The average Bonchev–Trinajstić information content (AvgIpc) is 2.55. The van der Waals surface area contributed by atoms with Crippen molar-refractivity contribution in [3.63, 3.8) is 0 Å². The highest BCUT2D eigenvalue weighted by Gasteiger charge is 2.11. The first kappa shape index (κ1) is 18.5. The molecule has 0 radical (unpaired) electrons. The number of benzene rings is 2. The number of nitrogens with zero attached hydrogens (tertiary/aromatic N) is 1. The number of nitrogens with two attached hydrogens (primary N) is 1. The molecule has 0 fully saturated rings. The van der Waals surface area contributed by atoms with Crippen LogP contribution >= 0.6 is 0 Å². The number of rotatable bonds is 6. The molecule has 0 aromatic heterocycles. The zero-order valence-electron chi connectivity index (χ0n) is 13.4. The van der Waals surface area contributed by atoms with Crippen molar-refractivity contribution in [1.82, 2.24) is 0 Å². The van der Waals surface area contributed by atoms with Gasteiger partial charge in [0, 0.05) is 40.8 Å². The Hall–Kier alpha value is -2.83. The number of allylic oxidation sites excluding steroid dienone is 2. The number of halogens is 4. The molecule has 0 saturated heterocycles. The lowest BCUT2D eigenvalue weighted by Gasteiger charge is -2.11. The first-order valence-electron chi connectivity index (χ1n) is 7.43. The van der Waals surface area contributed by atoms with E-state index in [-0.39, 0.29) is 29.2 Å². The highest BCUT2D eigenvalue weighted by molar-refractivity contribution is 6.10. The normalized spacial score (nSPS) is 12.6. The summed E-state index contributed by atoms with van der Waals surface area (Å²) in [5.74, 6) is -1.02. The zero-order chi connectivity index (χ0) is 18.4. The number of aliphatic imine (C=N–C) groups is 1. The molecule has 0 saturated carbocycles. The second kappa shape index (κ2) is 8.32. The van der Waals surface area contributed by atoms with E-state index in [0.717, 1.165) is 6.21 Å². The summed E-state index contributed by atoms with van der Waals surface area (Å²) in [6.07, 6.45) is 0.852. The van der Waals surface area contributed by atoms with Gasteiger partial charge in [-0.15, -0.1) is 0 Å². The van der Waals surface area contributed by atoms with Gasteiger partial charge in [0.2, 0.25) is 0 Å². The third kappa shape index (κ3) is 5.07. The van der Waals surface area contributed by atoms with Gasteiger partial charge in [-0.3, -0.25) is 0 Å². The van der Waals surface area contributed by atoms with Crippen molar-refractivity contribution in [2.24, 2.45) is 10.7 Å². The maximum Gasteiger partial charge on any atom is 0.331 e.